The second kappa shape index (κ2) is 5.93. The molecule has 3 aromatic rings. The van der Waals surface area contributed by atoms with Gasteiger partial charge in [-0.15, -0.1) is 11.3 Å². The van der Waals surface area contributed by atoms with E-state index in [9.17, 15) is 4.79 Å². The van der Waals surface area contributed by atoms with Crippen LogP contribution in [0.4, 0.5) is 5.82 Å². The summed E-state index contributed by atoms with van der Waals surface area (Å²) in [6.45, 7) is 2.63. The van der Waals surface area contributed by atoms with Gasteiger partial charge in [0.1, 0.15) is 0 Å². The molecule has 0 atom stereocenters. The molecule has 0 unspecified atom stereocenters. The van der Waals surface area contributed by atoms with Crippen molar-refractivity contribution in [2.45, 2.75) is 13.5 Å². The number of nitrogens with one attached hydrogen (secondary N) is 1. The zero-order chi connectivity index (χ0) is 14.7. The summed E-state index contributed by atoms with van der Waals surface area (Å²) >= 11 is 1.65. The second-order valence-electron chi connectivity index (χ2n) is 4.72. The van der Waals surface area contributed by atoms with Crippen LogP contribution in [0.2, 0.25) is 0 Å². The standard InChI is InChI=1S/C16H15N3OS/c1-12-4-6-13(7-5-12)19-9-8-17-15(16(19)20)18-11-14-3-2-10-21-14/h2-10H,11H2,1H3,(H,17,18). The Hall–Kier alpha value is -2.40. The first kappa shape index (κ1) is 13.6. The first-order valence-electron chi connectivity index (χ1n) is 6.65. The van der Waals surface area contributed by atoms with Gasteiger partial charge in [0.2, 0.25) is 0 Å². The van der Waals surface area contributed by atoms with Gasteiger partial charge in [-0.25, -0.2) is 4.98 Å². The molecule has 0 aliphatic carbocycles. The zero-order valence-electron chi connectivity index (χ0n) is 11.6. The van der Waals surface area contributed by atoms with E-state index in [0.29, 0.717) is 12.4 Å². The van der Waals surface area contributed by atoms with Crippen molar-refractivity contribution in [1.82, 2.24) is 9.55 Å². The Labute approximate surface area is 126 Å². The van der Waals surface area contributed by atoms with E-state index in [1.807, 2.05) is 48.7 Å². The summed E-state index contributed by atoms with van der Waals surface area (Å²) in [5.74, 6) is 0.367. The average Bonchev–Trinajstić information content (AvgIpc) is 3.01. The lowest BCUT2D eigenvalue weighted by Crippen LogP contribution is -2.22. The third kappa shape index (κ3) is 3.03. The molecule has 5 heteroatoms. The van der Waals surface area contributed by atoms with Crippen molar-refractivity contribution in [3.05, 3.63) is 75.0 Å². The third-order valence-corrected chi connectivity index (χ3v) is 4.04. The summed E-state index contributed by atoms with van der Waals surface area (Å²) in [7, 11) is 0. The van der Waals surface area contributed by atoms with E-state index < -0.39 is 0 Å². The quantitative estimate of drug-likeness (QED) is 0.804. The summed E-state index contributed by atoms with van der Waals surface area (Å²) in [5, 5.41) is 5.12. The van der Waals surface area contributed by atoms with E-state index in [1.165, 1.54) is 4.88 Å². The molecule has 0 saturated heterocycles. The van der Waals surface area contributed by atoms with Crippen molar-refractivity contribution in [3.63, 3.8) is 0 Å². The number of aryl methyl sites for hydroxylation is 1. The van der Waals surface area contributed by atoms with E-state index >= 15 is 0 Å². The molecule has 1 N–H and O–H groups in total. The second-order valence-corrected chi connectivity index (χ2v) is 5.75. The molecule has 3 rings (SSSR count). The molecule has 1 aromatic carbocycles. The van der Waals surface area contributed by atoms with Gasteiger partial charge in [0.15, 0.2) is 5.82 Å². The molecule has 21 heavy (non-hydrogen) atoms. The zero-order valence-corrected chi connectivity index (χ0v) is 12.4. The van der Waals surface area contributed by atoms with Gasteiger partial charge in [0, 0.05) is 23.0 Å². The first-order valence-corrected chi connectivity index (χ1v) is 7.53. The molecule has 2 heterocycles. The fourth-order valence-electron chi connectivity index (χ4n) is 2.03. The van der Waals surface area contributed by atoms with Crippen molar-refractivity contribution in [1.29, 1.82) is 0 Å². The minimum Gasteiger partial charge on any atom is -0.361 e. The van der Waals surface area contributed by atoms with Crippen LogP contribution in [0.25, 0.3) is 5.69 Å². The van der Waals surface area contributed by atoms with E-state index in [-0.39, 0.29) is 5.56 Å². The molecule has 0 aliphatic heterocycles. The Bertz CT molecular complexity index is 776. The minimum absolute atomic E-state index is 0.141. The molecular weight excluding hydrogens is 282 g/mol. The summed E-state index contributed by atoms with van der Waals surface area (Å²) in [6.07, 6.45) is 3.32. The molecule has 0 amide bonds. The van der Waals surface area contributed by atoms with Crippen molar-refractivity contribution < 1.29 is 0 Å². The topological polar surface area (TPSA) is 46.9 Å². The van der Waals surface area contributed by atoms with Gasteiger partial charge in [0.05, 0.1) is 6.54 Å². The Kier molecular flexibility index (Phi) is 3.83. The number of hydrogen-bond donors (Lipinski definition) is 1. The van der Waals surface area contributed by atoms with Gasteiger partial charge in [-0.1, -0.05) is 23.8 Å². The number of hydrogen-bond acceptors (Lipinski definition) is 4. The van der Waals surface area contributed by atoms with Crippen LogP contribution in [0, 0.1) is 6.92 Å². The van der Waals surface area contributed by atoms with E-state index in [1.54, 1.807) is 28.3 Å². The predicted molar refractivity (Wildman–Crippen MR) is 86.2 cm³/mol. The fourth-order valence-corrected chi connectivity index (χ4v) is 2.67. The Balaban J connectivity index is 1.88. The molecule has 0 saturated carbocycles. The van der Waals surface area contributed by atoms with Crippen molar-refractivity contribution in [2.75, 3.05) is 5.32 Å². The summed E-state index contributed by atoms with van der Waals surface area (Å²) in [5.41, 5.74) is 1.86. The molecule has 106 valence electrons. The molecule has 4 nitrogen and oxygen atoms in total. The Morgan fingerprint density at radius 1 is 1.24 bits per heavy atom. The minimum atomic E-state index is -0.141. The maximum absolute atomic E-state index is 12.5. The number of thiophene rings is 1. The maximum atomic E-state index is 12.5. The molecule has 0 fully saturated rings. The van der Waals surface area contributed by atoms with Gasteiger partial charge in [-0.05, 0) is 30.5 Å². The molecule has 2 aromatic heterocycles. The van der Waals surface area contributed by atoms with Gasteiger partial charge in [0.25, 0.3) is 5.56 Å². The highest BCUT2D eigenvalue weighted by atomic mass is 32.1. The largest absolute Gasteiger partial charge is 0.361 e. The predicted octanol–water partition coefficient (Wildman–Crippen LogP) is 3.21. The van der Waals surface area contributed by atoms with Crippen LogP contribution in [-0.4, -0.2) is 9.55 Å². The van der Waals surface area contributed by atoms with Gasteiger partial charge < -0.3 is 5.32 Å². The van der Waals surface area contributed by atoms with Crippen LogP contribution < -0.4 is 10.9 Å². The fraction of sp³-hybridized carbons (Fsp3) is 0.125. The van der Waals surface area contributed by atoms with E-state index in [0.717, 1.165) is 11.3 Å². The van der Waals surface area contributed by atoms with Crippen molar-refractivity contribution in [2.24, 2.45) is 0 Å². The van der Waals surface area contributed by atoms with E-state index in [2.05, 4.69) is 10.3 Å². The van der Waals surface area contributed by atoms with Crippen LogP contribution in [0.15, 0.2) is 59.0 Å². The normalized spacial score (nSPS) is 10.5. The third-order valence-electron chi connectivity index (χ3n) is 3.16. The lowest BCUT2D eigenvalue weighted by Gasteiger charge is -2.08. The number of nitrogens with zero attached hydrogens (tertiary/aromatic N) is 2. The maximum Gasteiger partial charge on any atom is 0.297 e. The Morgan fingerprint density at radius 3 is 2.76 bits per heavy atom. The van der Waals surface area contributed by atoms with Crippen LogP contribution in [-0.2, 0) is 6.54 Å². The van der Waals surface area contributed by atoms with Crippen LogP contribution in [0.3, 0.4) is 0 Å². The molecular formula is C16H15N3OS. The van der Waals surface area contributed by atoms with Gasteiger partial charge >= 0.3 is 0 Å². The van der Waals surface area contributed by atoms with Gasteiger partial charge in [-0.2, -0.15) is 0 Å². The molecule has 0 aliphatic rings. The Morgan fingerprint density at radius 2 is 2.05 bits per heavy atom. The molecule has 0 radical (unpaired) electrons. The summed E-state index contributed by atoms with van der Waals surface area (Å²) in [4.78, 5) is 17.8. The summed E-state index contributed by atoms with van der Waals surface area (Å²) < 4.78 is 1.60. The lowest BCUT2D eigenvalue weighted by molar-refractivity contribution is 0.946. The lowest BCUT2D eigenvalue weighted by atomic mass is 10.2. The molecule has 0 bridgehead atoms. The first-order chi connectivity index (χ1) is 10.2. The number of aromatic nitrogens is 2. The summed E-state index contributed by atoms with van der Waals surface area (Å²) in [6, 6.07) is 11.9. The highest BCUT2D eigenvalue weighted by Gasteiger charge is 2.06. The SMILES string of the molecule is Cc1ccc(-n2ccnc(NCc3cccs3)c2=O)cc1. The highest BCUT2D eigenvalue weighted by Crippen LogP contribution is 2.11. The van der Waals surface area contributed by atoms with Crippen LogP contribution >= 0.6 is 11.3 Å². The van der Waals surface area contributed by atoms with Crippen LogP contribution in [0.5, 0.6) is 0 Å². The monoisotopic (exact) mass is 297 g/mol. The van der Waals surface area contributed by atoms with Gasteiger partial charge in [-0.3, -0.25) is 9.36 Å². The van der Waals surface area contributed by atoms with Crippen LogP contribution in [0.1, 0.15) is 10.4 Å². The number of anilines is 1. The highest BCUT2D eigenvalue weighted by molar-refractivity contribution is 7.09. The smallest absolute Gasteiger partial charge is 0.297 e. The number of rotatable bonds is 4. The average molecular weight is 297 g/mol. The molecule has 0 spiro atoms. The van der Waals surface area contributed by atoms with E-state index in [4.69, 9.17) is 0 Å². The van der Waals surface area contributed by atoms with Crippen molar-refractivity contribution >= 4 is 17.2 Å². The number of benzene rings is 1. The van der Waals surface area contributed by atoms with Crippen molar-refractivity contribution in [3.8, 4) is 5.69 Å².